The van der Waals surface area contributed by atoms with E-state index < -0.39 is 0 Å². The predicted molar refractivity (Wildman–Crippen MR) is 91.6 cm³/mol. The van der Waals surface area contributed by atoms with Crippen molar-refractivity contribution in [1.82, 2.24) is 0 Å². The third kappa shape index (κ3) is 19.8. The van der Waals surface area contributed by atoms with Crippen LogP contribution in [0.2, 0.25) is 0 Å². The summed E-state index contributed by atoms with van der Waals surface area (Å²) < 4.78 is 21.1. The summed E-state index contributed by atoms with van der Waals surface area (Å²) in [6.45, 7) is 7.01. The molecule has 0 amide bonds. The predicted octanol–water partition coefficient (Wildman–Crippen LogP) is 4.21. The van der Waals surface area contributed by atoms with Crippen LogP contribution < -0.4 is 0 Å². The number of hydrogen-bond donors (Lipinski definition) is 0. The Labute approximate surface area is 137 Å². The van der Waals surface area contributed by atoms with Gasteiger partial charge in [-0.3, -0.25) is 0 Å². The van der Waals surface area contributed by atoms with Gasteiger partial charge in [-0.15, -0.1) is 0 Å². The molecule has 0 radical (unpaired) electrons. The molecule has 0 aromatic carbocycles. The van der Waals surface area contributed by atoms with Crippen LogP contribution in [0.5, 0.6) is 0 Å². The second kappa shape index (κ2) is 20.8. The first-order chi connectivity index (χ1) is 10.9. The highest BCUT2D eigenvalue weighted by atomic mass is 16.6. The Kier molecular flexibility index (Phi) is 20.7. The highest BCUT2D eigenvalue weighted by molar-refractivity contribution is 4.46. The standard InChI is InChI=1S/C18H38O4/c1-3-4-5-6-7-8-9-10-11-12-20-15-16-22-18-17-21-14-13-19-2/h3-18H2,1-2H3. The van der Waals surface area contributed by atoms with Crippen LogP contribution in [0.15, 0.2) is 0 Å². The fraction of sp³-hybridized carbons (Fsp3) is 1.00. The molecule has 0 aromatic rings. The first-order valence-corrected chi connectivity index (χ1v) is 9.14. The maximum absolute atomic E-state index is 5.55. The molecule has 0 aliphatic carbocycles. The van der Waals surface area contributed by atoms with E-state index in [-0.39, 0.29) is 0 Å². The molecule has 0 bridgehead atoms. The molecule has 0 fully saturated rings. The lowest BCUT2D eigenvalue weighted by molar-refractivity contribution is 0.00323. The largest absolute Gasteiger partial charge is 0.382 e. The molecule has 0 saturated carbocycles. The molecule has 0 atom stereocenters. The second-order valence-electron chi connectivity index (χ2n) is 5.66. The molecular weight excluding hydrogens is 280 g/mol. The highest BCUT2D eigenvalue weighted by Crippen LogP contribution is 2.09. The van der Waals surface area contributed by atoms with Crippen molar-refractivity contribution in [2.45, 2.75) is 64.7 Å². The van der Waals surface area contributed by atoms with E-state index in [4.69, 9.17) is 18.9 Å². The second-order valence-corrected chi connectivity index (χ2v) is 5.66. The number of methoxy groups -OCH3 is 1. The maximum Gasteiger partial charge on any atom is 0.0701 e. The van der Waals surface area contributed by atoms with E-state index in [9.17, 15) is 0 Å². The minimum absolute atomic E-state index is 0.627. The molecule has 0 aliphatic rings. The summed E-state index contributed by atoms with van der Waals surface area (Å²) in [5, 5.41) is 0. The van der Waals surface area contributed by atoms with Gasteiger partial charge < -0.3 is 18.9 Å². The fourth-order valence-corrected chi connectivity index (χ4v) is 2.20. The summed E-state index contributed by atoms with van der Waals surface area (Å²) in [6.07, 6.45) is 12.2. The molecule has 0 N–H and O–H groups in total. The monoisotopic (exact) mass is 318 g/mol. The van der Waals surface area contributed by atoms with Crippen LogP contribution >= 0.6 is 0 Å². The van der Waals surface area contributed by atoms with Gasteiger partial charge in [-0.05, 0) is 6.42 Å². The third-order valence-electron chi connectivity index (χ3n) is 3.57. The van der Waals surface area contributed by atoms with E-state index in [1.807, 2.05) is 0 Å². The van der Waals surface area contributed by atoms with Crippen molar-refractivity contribution in [1.29, 1.82) is 0 Å². The van der Waals surface area contributed by atoms with E-state index in [2.05, 4.69) is 6.92 Å². The molecule has 134 valence electrons. The summed E-state index contributed by atoms with van der Waals surface area (Å²) in [4.78, 5) is 0. The number of hydrogen-bond acceptors (Lipinski definition) is 4. The molecule has 0 rings (SSSR count). The van der Waals surface area contributed by atoms with Crippen molar-refractivity contribution >= 4 is 0 Å². The Morgan fingerprint density at radius 1 is 0.455 bits per heavy atom. The SMILES string of the molecule is CCCCCCCCCCCOCCOCCOCCOC. The Balaban J connectivity index is 2.91. The Morgan fingerprint density at radius 2 is 0.864 bits per heavy atom. The van der Waals surface area contributed by atoms with Crippen molar-refractivity contribution in [3.8, 4) is 0 Å². The lowest BCUT2D eigenvalue weighted by Crippen LogP contribution is -2.11. The topological polar surface area (TPSA) is 36.9 Å². The molecule has 0 heterocycles. The average molecular weight is 318 g/mol. The zero-order valence-electron chi connectivity index (χ0n) is 14.9. The van der Waals surface area contributed by atoms with E-state index >= 15 is 0 Å². The number of ether oxygens (including phenoxy) is 4. The first kappa shape index (κ1) is 21.8. The fourth-order valence-electron chi connectivity index (χ4n) is 2.20. The Hall–Kier alpha value is -0.160. The molecule has 0 aromatic heterocycles. The zero-order valence-corrected chi connectivity index (χ0v) is 14.9. The zero-order chi connectivity index (χ0) is 16.1. The summed E-state index contributed by atoms with van der Waals surface area (Å²) in [5.74, 6) is 0. The quantitative estimate of drug-likeness (QED) is 0.334. The smallest absolute Gasteiger partial charge is 0.0701 e. The van der Waals surface area contributed by atoms with Crippen molar-refractivity contribution in [2.24, 2.45) is 0 Å². The molecule has 4 heteroatoms. The molecule has 0 spiro atoms. The van der Waals surface area contributed by atoms with Crippen LogP contribution in [0.1, 0.15) is 64.7 Å². The molecule has 0 saturated heterocycles. The normalized spacial score (nSPS) is 11.2. The van der Waals surface area contributed by atoms with Gasteiger partial charge in [0.1, 0.15) is 0 Å². The van der Waals surface area contributed by atoms with Crippen LogP contribution in [0, 0.1) is 0 Å². The number of rotatable bonds is 19. The van der Waals surface area contributed by atoms with Gasteiger partial charge in [-0.25, -0.2) is 0 Å². The van der Waals surface area contributed by atoms with Gasteiger partial charge in [0, 0.05) is 13.7 Å². The van der Waals surface area contributed by atoms with E-state index in [0.717, 1.165) is 6.61 Å². The van der Waals surface area contributed by atoms with Crippen molar-refractivity contribution in [3.05, 3.63) is 0 Å². The van der Waals surface area contributed by atoms with Gasteiger partial charge in [-0.2, -0.15) is 0 Å². The molecule has 22 heavy (non-hydrogen) atoms. The first-order valence-electron chi connectivity index (χ1n) is 9.14. The average Bonchev–Trinajstić information content (AvgIpc) is 2.54. The minimum Gasteiger partial charge on any atom is -0.382 e. The van der Waals surface area contributed by atoms with Crippen LogP contribution in [-0.4, -0.2) is 53.4 Å². The number of unbranched alkanes of at least 4 members (excludes halogenated alkanes) is 8. The summed E-state index contributed by atoms with van der Waals surface area (Å²) >= 11 is 0. The Morgan fingerprint density at radius 3 is 1.36 bits per heavy atom. The summed E-state index contributed by atoms with van der Waals surface area (Å²) in [5.41, 5.74) is 0. The lowest BCUT2D eigenvalue weighted by Gasteiger charge is -2.06. The van der Waals surface area contributed by atoms with Crippen LogP contribution in [0.25, 0.3) is 0 Å². The van der Waals surface area contributed by atoms with Gasteiger partial charge in [0.15, 0.2) is 0 Å². The molecular formula is C18H38O4. The van der Waals surface area contributed by atoms with Gasteiger partial charge in [0.2, 0.25) is 0 Å². The molecule has 4 nitrogen and oxygen atoms in total. The third-order valence-corrected chi connectivity index (χ3v) is 3.57. The molecule has 0 aliphatic heterocycles. The van der Waals surface area contributed by atoms with Crippen molar-refractivity contribution in [2.75, 3.05) is 53.4 Å². The van der Waals surface area contributed by atoms with Crippen LogP contribution in [0.4, 0.5) is 0 Å². The highest BCUT2D eigenvalue weighted by Gasteiger charge is 1.94. The van der Waals surface area contributed by atoms with E-state index in [1.54, 1.807) is 7.11 Å². The summed E-state index contributed by atoms with van der Waals surface area (Å²) in [7, 11) is 1.67. The van der Waals surface area contributed by atoms with Gasteiger partial charge in [-0.1, -0.05) is 58.3 Å². The van der Waals surface area contributed by atoms with Crippen molar-refractivity contribution in [3.63, 3.8) is 0 Å². The van der Waals surface area contributed by atoms with Gasteiger partial charge >= 0.3 is 0 Å². The van der Waals surface area contributed by atoms with Crippen LogP contribution in [0.3, 0.4) is 0 Å². The molecule has 0 unspecified atom stereocenters. The van der Waals surface area contributed by atoms with Gasteiger partial charge in [0.25, 0.3) is 0 Å². The Bertz CT molecular complexity index is 168. The van der Waals surface area contributed by atoms with Crippen LogP contribution in [-0.2, 0) is 18.9 Å². The van der Waals surface area contributed by atoms with Gasteiger partial charge in [0.05, 0.1) is 39.6 Å². The summed E-state index contributed by atoms with van der Waals surface area (Å²) in [6, 6.07) is 0. The lowest BCUT2D eigenvalue weighted by atomic mass is 10.1. The maximum atomic E-state index is 5.55. The van der Waals surface area contributed by atoms with Crippen molar-refractivity contribution < 1.29 is 18.9 Å². The minimum atomic E-state index is 0.627. The van der Waals surface area contributed by atoms with E-state index in [1.165, 1.54) is 57.8 Å². The van der Waals surface area contributed by atoms with E-state index in [0.29, 0.717) is 39.6 Å².